The molecule has 0 saturated carbocycles. The van der Waals surface area contributed by atoms with E-state index >= 15 is 0 Å². The molecule has 3 rings (SSSR count). The van der Waals surface area contributed by atoms with Crippen LogP contribution in [0.5, 0.6) is 11.5 Å². The normalized spacial score (nSPS) is 18.5. The van der Waals surface area contributed by atoms with Crippen LogP contribution in [0.15, 0.2) is 47.6 Å². The summed E-state index contributed by atoms with van der Waals surface area (Å²) < 4.78 is 15.5. The van der Waals surface area contributed by atoms with Crippen LogP contribution in [-0.2, 0) is 14.4 Å². The van der Waals surface area contributed by atoms with E-state index in [1.807, 2.05) is 6.07 Å². The molecule has 1 heterocycles. The number of nitro groups is 1. The predicted molar refractivity (Wildman–Crippen MR) is 109 cm³/mol. The fourth-order valence-electron chi connectivity index (χ4n) is 3.37. The maximum Gasteiger partial charge on any atom is 0.356 e. The van der Waals surface area contributed by atoms with Crippen LogP contribution in [0.1, 0.15) is 30.6 Å². The molecule has 0 fully saturated rings. The minimum atomic E-state index is -2.01. The number of ether oxygens (including phenoxy) is 3. The second-order valence-electron chi connectivity index (χ2n) is 6.71. The Balaban J connectivity index is 2.10. The first kappa shape index (κ1) is 22.0. The van der Waals surface area contributed by atoms with Crippen molar-refractivity contribution in [2.24, 2.45) is 5.16 Å². The fraction of sp³-hybridized carbons (Fsp3) is 0.333. The number of esters is 1. The lowest BCUT2D eigenvalue weighted by atomic mass is 9.84. The van der Waals surface area contributed by atoms with E-state index in [0.717, 1.165) is 6.07 Å². The molecule has 1 N–H and O–H groups in total. The summed E-state index contributed by atoms with van der Waals surface area (Å²) in [6.45, 7) is 1.62. The van der Waals surface area contributed by atoms with E-state index in [0.29, 0.717) is 11.3 Å². The molecule has 0 aliphatic carbocycles. The number of aliphatic hydroxyl groups excluding tert-OH is 1. The highest BCUT2D eigenvalue weighted by Gasteiger charge is 2.56. The molecule has 0 radical (unpaired) electrons. The van der Waals surface area contributed by atoms with Crippen molar-refractivity contribution in [2.45, 2.75) is 25.0 Å². The van der Waals surface area contributed by atoms with Gasteiger partial charge in [-0.1, -0.05) is 35.5 Å². The quantitative estimate of drug-likeness (QED) is 0.384. The molecule has 10 heteroatoms. The Morgan fingerprint density at radius 2 is 1.90 bits per heavy atom. The summed E-state index contributed by atoms with van der Waals surface area (Å²) in [5.41, 5.74) is -1.59. The van der Waals surface area contributed by atoms with Crippen molar-refractivity contribution in [1.82, 2.24) is 0 Å². The molecular formula is C21H22N2O8. The van der Waals surface area contributed by atoms with Crippen LogP contribution in [0.4, 0.5) is 5.69 Å². The van der Waals surface area contributed by atoms with Crippen molar-refractivity contribution in [3.63, 3.8) is 0 Å². The average molecular weight is 430 g/mol. The van der Waals surface area contributed by atoms with Gasteiger partial charge in [0.05, 0.1) is 49.5 Å². The Hall–Kier alpha value is -3.66. The van der Waals surface area contributed by atoms with Crippen LogP contribution in [0.25, 0.3) is 0 Å². The molecule has 0 saturated heterocycles. The van der Waals surface area contributed by atoms with Crippen molar-refractivity contribution < 1.29 is 33.9 Å². The van der Waals surface area contributed by atoms with Gasteiger partial charge in [0, 0.05) is 0 Å². The van der Waals surface area contributed by atoms with Gasteiger partial charge in [0.15, 0.2) is 11.5 Å². The van der Waals surface area contributed by atoms with E-state index in [2.05, 4.69) is 5.16 Å². The van der Waals surface area contributed by atoms with Gasteiger partial charge in [-0.05, 0) is 18.6 Å². The number of nitrogens with zero attached hydrogens (tertiary/aromatic N) is 2. The van der Waals surface area contributed by atoms with E-state index in [9.17, 15) is 20.0 Å². The van der Waals surface area contributed by atoms with E-state index in [-0.39, 0.29) is 30.1 Å². The summed E-state index contributed by atoms with van der Waals surface area (Å²) in [7, 11) is 2.68. The molecule has 164 valence electrons. The summed E-state index contributed by atoms with van der Waals surface area (Å²) in [6, 6.07) is 11.3. The molecule has 10 nitrogen and oxygen atoms in total. The molecule has 2 aromatic carbocycles. The molecule has 1 aliphatic rings. The Bertz CT molecular complexity index is 1010. The van der Waals surface area contributed by atoms with Gasteiger partial charge in [-0.15, -0.1) is 0 Å². The van der Waals surface area contributed by atoms with E-state index in [1.165, 1.54) is 20.3 Å². The number of carbonyl (C=O) groups is 1. The van der Waals surface area contributed by atoms with Crippen LogP contribution in [0.2, 0.25) is 0 Å². The zero-order chi connectivity index (χ0) is 22.6. The molecule has 0 amide bonds. The topological polar surface area (TPSA) is 130 Å². The third-order valence-electron chi connectivity index (χ3n) is 4.94. The van der Waals surface area contributed by atoms with Crippen LogP contribution < -0.4 is 9.47 Å². The van der Waals surface area contributed by atoms with Crippen molar-refractivity contribution in [2.75, 3.05) is 20.8 Å². The summed E-state index contributed by atoms with van der Waals surface area (Å²) in [5.74, 6) is -0.645. The van der Waals surface area contributed by atoms with Gasteiger partial charge in [0.2, 0.25) is 0 Å². The molecule has 0 bridgehead atoms. The third kappa shape index (κ3) is 4.02. The lowest BCUT2D eigenvalue weighted by Gasteiger charge is -2.29. The van der Waals surface area contributed by atoms with Gasteiger partial charge in [-0.3, -0.25) is 10.1 Å². The first-order chi connectivity index (χ1) is 14.9. The SMILES string of the molecule is CCOC(=O)[C@@]1([C@H](O)c2cc(OC)c(OC)cc2[N+](=O)[O-])CC(c2ccccc2)=NO1. The molecule has 0 spiro atoms. The van der Waals surface area contributed by atoms with Crippen LogP contribution >= 0.6 is 0 Å². The van der Waals surface area contributed by atoms with E-state index in [1.54, 1.807) is 31.2 Å². The fourth-order valence-corrected chi connectivity index (χ4v) is 3.37. The number of benzene rings is 2. The summed E-state index contributed by atoms with van der Waals surface area (Å²) >= 11 is 0. The van der Waals surface area contributed by atoms with Crippen LogP contribution in [0, 0.1) is 10.1 Å². The van der Waals surface area contributed by atoms with Crippen LogP contribution in [-0.4, -0.2) is 48.1 Å². The van der Waals surface area contributed by atoms with Crippen molar-refractivity contribution in [3.05, 3.63) is 63.7 Å². The highest BCUT2D eigenvalue weighted by molar-refractivity contribution is 6.05. The average Bonchev–Trinajstić information content (AvgIpc) is 3.25. The molecule has 1 aliphatic heterocycles. The van der Waals surface area contributed by atoms with Gasteiger partial charge in [-0.25, -0.2) is 4.79 Å². The molecule has 2 atom stereocenters. The smallest absolute Gasteiger partial charge is 0.356 e. The minimum Gasteiger partial charge on any atom is -0.493 e. The van der Waals surface area contributed by atoms with Gasteiger partial charge in [0.25, 0.3) is 11.3 Å². The first-order valence-corrected chi connectivity index (χ1v) is 9.44. The largest absolute Gasteiger partial charge is 0.493 e. The number of hydrogen-bond donors (Lipinski definition) is 1. The number of rotatable bonds is 8. The standard InChI is InChI=1S/C21H22N2O8/c1-4-30-20(25)21(12-15(22-31-21)13-8-6-5-7-9-13)19(24)14-10-17(28-2)18(29-3)11-16(14)23(26)27/h5-11,19,24H,4,12H2,1-3H3/t19-,21+/m1/s1. The zero-order valence-electron chi connectivity index (χ0n) is 17.2. The minimum absolute atomic E-state index is 0.0192. The monoisotopic (exact) mass is 430 g/mol. The van der Waals surface area contributed by atoms with Crippen molar-refractivity contribution in [3.8, 4) is 11.5 Å². The number of aliphatic hydroxyl groups is 1. The second kappa shape index (κ2) is 9.00. The van der Waals surface area contributed by atoms with Gasteiger partial charge in [-0.2, -0.15) is 0 Å². The van der Waals surface area contributed by atoms with Gasteiger partial charge in [0.1, 0.15) is 6.10 Å². The maximum atomic E-state index is 12.9. The van der Waals surface area contributed by atoms with E-state index < -0.39 is 28.3 Å². The number of methoxy groups -OCH3 is 2. The zero-order valence-corrected chi connectivity index (χ0v) is 17.2. The number of carbonyl (C=O) groups excluding carboxylic acids is 1. The molecule has 0 unspecified atom stereocenters. The van der Waals surface area contributed by atoms with Crippen molar-refractivity contribution >= 4 is 17.4 Å². The van der Waals surface area contributed by atoms with Gasteiger partial charge < -0.3 is 24.2 Å². The molecule has 0 aromatic heterocycles. The van der Waals surface area contributed by atoms with E-state index in [4.69, 9.17) is 19.0 Å². The Morgan fingerprint density at radius 3 is 2.48 bits per heavy atom. The Kier molecular flexibility index (Phi) is 6.40. The van der Waals surface area contributed by atoms with Crippen molar-refractivity contribution in [1.29, 1.82) is 0 Å². The molecule has 2 aromatic rings. The first-order valence-electron chi connectivity index (χ1n) is 9.44. The Labute approximate surface area is 178 Å². The highest BCUT2D eigenvalue weighted by atomic mass is 16.7. The molecular weight excluding hydrogens is 408 g/mol. The van der Waals surface area contributed by atoms with Gasteiger partial charge >= 0.3 is 5.97 Å². The molecule has 31 heavy (non-hydrogen) atoms. The second-order valence-corrected chi connectivity index (χ2v) is 6.71. The summed E-state index contributed by atoms with van der Waals surface area (Å²) in [4.78, 5) is 29.4. The number of nitro benzene ring substituents is 1. The lowest BCUT2D eigenvalue weighted by molar-refractivity contribution is -0.386. The predicted octanol–water partition coefficient (Wildman–Crippen LogP) is 2.77. The number of oxime groups is 1. The number of hydrogen-bond acceptors (Lipinski definition) is 9. The highest BCUT2D eigenvalue weighted by Crippen LogP contribution is 2.45. The maximum absolute atomic E-state index is 12.9. The Morgan fingerprint density at radius 1 is 1.26 bits per heavy atom. The summed E-state index contributed by atoms with van der Waals surface area (Å²) in [6.07, 6.45) is -1.93. The summed E-state index contributed by atoms with van der Waals surface area (Å²) in [5, 5.41) is 26.9. The third-order valence-corrected chi connectivity index (χ3v) is 4.94. The lowest BCUT2D eigenvalue weighted by Crippen LogP contribution is -2.46. The van der Waals surface area contributed by atoms with Crippen LogP contribution in [0.3, 0.4) is 0 Å².